The molecule has 0 aromatic heterocycles. The van der Waals surface area contributed by atoms with E-state index in [0.29, 0.717) is 19.3 Å². The molecule has 0 spiro atoms. The predicted octanol–water partition coefficient (Wildman–Crippen LogP) is 22.1. The highest BCUT2D eigenvalue weighted by Crippen LogP contribution is 2.14. The quantitative estimate of drug-likeness (QED) is 0.0261. The highest BCUT2D eigenvalue weighted by atomic mass is 16.6. The summed E-state index contributed by atoms with van der Waals surface area (Å²) >= 11 is 0. The first kappa shape index (κ1) is 74.0. The summed E-state index contributed by atoms with van der Waals surface area (Å²) < 4.78 is 16.9. The van der Waals surface area contributed by atoms with Gasteiger partial charge in [0.05, 0.1) is 0 Å². The Balaban J connectivity index is 4.43. The third-order valence-electron chi connectivity index (χ3n) is 13.0. The van der Waals surface area contributed by atoms with Gasteiger partial charge in [-0.1, -0.05) is 262 Å². The summed E-state index contributed by atoms with van der Waals surface area (Å²) in [6, 6.07) is 0. The van der Waals surface area contributed by atoms with Gasteiger partial charge in [-0.15, -0.1) is 0 Å². The first-order valence-corrected chi connectivity index (χ1v) is 32.0. The van der Waals surface area contributed by atoms with Crippen molar-refractivity contribution < 1.29 is 28.6 Å². The zero-order chi connectivity index (χ0) is 57.1. The Hall–Kier alpha value is -4.97. The maximum absolute atomic E-state index is 12.9. The van der Waals surface area contributed by atoms with Gasteiger partial charge in [0.2, 0.25) is 0 Å². The fourth-order valence-electron chi connectivity index (χ4n) is 8.27. The standard InChI is InChI=1S/C73H116O6/c1-4-7-10-13-16-19-22-25-27-29-31-33-35-36-38-39-41-43-45-48-51-54-57-60-63-66-72(75)78-69-70(68-77-71(74)65-62-59-56-53-50-47-24-21-18-15-12-9-6-3)79-73(76)67-64-61-58-55-52-49-46-44-42-40-37-34-32-30-28-26-23-20-17-14-11-8-5-2/h7-8,10-12,15-17,19-21,24-28,31-34,36,38,40-43,70H,4-6,9,13-14,18,22-23,29-30,35,37,39,44-69H2,1-3H3/b10-7-,11-8-,15-12-,19-16-,20-17-,24-21-,27-25-,28-26-,33-31-,34-32-,38-36-,42-40-,43-41-. The predicted molar refractivity (Wildman–Crippen MR) is 343 cm³/mol. The number of esters is 3. The number of rotatable bonds is 56. The van der Waals surface area contributed by atoms with E-state index in [1.54, 1.807) is 0 Å². The molecule has 1 unspecified atom stereocenters. The van der Waals surface area contributed by atoms with E-state index in [1.165, 1.54) is 38.5 Å². The number of hydrogen-bond donors (Lipinski definition) is 0. The maximum atomic E-state index is 12.9. The van der Waals surface area contributed by atoms with Gasteiger partial charge in [-0.3, -0.25) is 14.4 Å². The molecule has 444 valence electrons. The van der Waals surface area contributed by atoms with E-state index in [2.05, 4.69) is 179 Å². The van der Waals surface area contributed by atoms with Gasteiger partial charge in [0.25, 0.3) is 0 Å². The molecule has 0 aliphatic rings. The van der Waals surface area contributed by atoms with Gasteiger partial charge in [0.1, 0.15) is 13.2 Å². The van der Waals surface area contributed by atoms with E-state index >= 15 is 0 Å². The van der Waals surface area contributed by atoms with E-state index in [-0.39, 0.29) is 31.1 Å². The molecule has 0 bridgehead atoms. The lowest BCUT2D eigenvalue weighted by atomic mass is 10.1. The molecule has 1 atom stereocenters. The molecule has 0 N–H and O–H groups in total. The molecule has 0 saturated heterocycles. The largest absolute Gasteiger partial charge is 0.462 e. The van der Waals surface area contributed by atoms with Crippen molar-refractivity contribution in [2.24, 2.45) is 0 Å². The minimum atomic E-state index is -0.806. The van der Waals surface area contributed by atoms with E-state index in [0.717, 1.165) is 186 Å². The molecule has 0 aliphatic heterocycles. The van der Waals surface area contributed by atoms with E-state index in [9.17, 15) is 14.4 Å². The minimum absolute atomic E-state index is 0.101. The lowest BCUT2D eigenvalue weighted by Gasteiger charge is -2.18. The Morgan fingerprint density at radius 2 is 0.494 bits per heavy atom. The highest BCUT2D eigenvalue weighted by molar-refractivity contribution is 5.71. The van der Waals surface area contributed by atoms with Gasteiger partial charge >= 0.3 is 17.9 Å². The van der Waals surface area contributed by atoms with Crippen molar-refractivity contribution in [1.82, 2.24) is 0 Å². The van der Waals surface area contributed by atoms with Crippen LogP contribution in [0.15, 0.2) is 158 Å². The van der Waals surface area contributed by atoms with Crippen LogP contribution in [0.4, 0.5) is 0 Å². The lowest BCUT2D eigenvalue weighted by molar-refractivity contribution is -0.167. The second-order valence-corrected chi connectivity index (χ2v) is 20.5. The number of carbonyl (C=O) groups is 3. The van der Waals surface area contributed by atoms with Gasteiger partial charge in [0.15, 0.2) is 6.10 Å². The Labute approximate surface area is 486 Å². The molecule has 6 heteroatoms. The molecule has 0 fully saturated rings. The molecular formula is C73H116O6. The monoisotopic (exact) mass is 1090 g/mol. The van der Waals surface area contributed by atoms with E-state index < -0.39 is 6.10 Å². The van der Waals surface area contributed by atoms with Crippen LogP contribution in [-0.4, -0.2) is 37.2 Å². The summed E-state index contributed by atoms with van der Waals surface area (Å²) in [5.74, 6) is -0.943. The first-order valence-electron chi connectivity index (χ1n) is 32.0. The zero-order valence-corrected chi connectivity index (χ0v) is 50.8. The van der Waals surface area contributed by atoms with Crippen molar-refractivity contribution in [3.63, 3.8) is 0 Å². The topological polar surface area (TPSA) is 78.9 Å². The Kier molecular flexibility index (Phi) is 61.4. The fraction of sp³-hybridized carbons (Fsp3) is 0.603. The summed E-state index contributed by atoms with van der Waals surface area (Å²) in [4.78, 5) is 38.3. The van der Waals surface area contributed by atoms with Crippen molar-refractivity contribution >= 4 is 17.9 Å². The van der Waals surface area contributed by atoms with Crippen molar-refractivity contribution in [2.45, 2.75) is 271 Å². The smallest absolute Gasteiger partial charge is 0.306 e. The van der Waals surface area contributed by atoms with Crippen molar-refractivity contribution in [3.05, 3.63) is 158 Å². The number of hydrogen-bond acceptors (Lipinski definition) is 6. The first-order chi connectivity index (χ1) is 39.0. The van der Waals surface area contributed by atoms with Crippen molar-refractivity contribution in [3.8, 4) is 0 Å². The van der Waals surface area contributed by atoms with Gasteiger partial charge in [-0.05, 0) is 141 Å². The third-order valence-corrected chi connectivity index (χ3v) is 13.0. The van der Waals surface area contributed by atoms with Gasteiger partial charge in [-0.25, -0.2) is 0 Å². The highest BCUT2D eigenvalue weighted by Gasteiger charge is 2.19. The molecule has 79 heavy (non-hydrogen) atoms. The zero-order valence-electron chi connectivity index (χ0n) is 50.8. The second-order valence-electron chi connectivity index (χ2n) is 20.5. The van der Waals surface area contributed by atoms with Gasteiger partial charge < -0.3 is 14.2 Å². The van der Waals surface area contributed by atoms with E-state index in [4.69, 9.17) is 14.2 Å². The molecule has 0 rings (SSSR count). The summed E-state index contributed by atoms with van der Waals surface area (Å²) in [5.41, 5.74) is 0. The van der Waals surface area contributed by atoms with Gasteiger partial charge in [0, 0.05) is 19.3 Å². The van der Waals surface area contributed by atoms with Crippen LogP contribution >= 0.6 is 0 Å². The van der Waals surface area contributed by atoms with Crippen molar-refractivity contribution in [2.75, 3.05) is 13.2 Å². The molecule has 0 amide bonds. The SMILES string of the molecule is CC/C=C\C/C=C\C/C=C\C/C=C\C/C=C\C/C=C\CCCCCCCCC(=O)OCC(COC(=O)CCCCCCC/C=C\C/C=C\CCC)OC(=O)CCCCCCCCC/C=C\C/C=C\C/C=C\C/C=C\C/C=C\CC. The van der Waals surface area contributed by atoms with Crippen LogP contribution < -0.4 is 0 Å². The number of carbonyl (C=O) groups excluding carboxylic acids is 3. The summed E-state index contributed by atoms with van der Waals surface area (Å²) in [7, 11) is 0. The molecule has 0 heterocycles. The van der Waals surface area contributed by atoms with Crippen LogP contribution in [0, 0.1) is 0 Å². The molecule has 6 nitrogen and oxygen atoms in total. The maximum Gasteiger partial charge on any atom is 0.306 e. The van der Waals surface area contributed by atoms with E-state index in [1.807, 2.05) is 0 Å². The normalized spacial score (nSPS) is 13.2. The molecule has 0 radical (unpaired) electrons. The number of unbranched alkanes of at least 4 members (excludes halogenated alkanes) is 19. The molecule has 0 aromatic rings. The van der Waals surface area contributed by atoms with Crippen molar-refractivity contribution in [1.29, 1.82) is 0 Å². The Bertz CT molecular complexity index is 1780. The average Bonchev–Trinajstić information content (AvgIpc) is 3.45. The van der Waals surface area contributed by atoms with Crippen LogP contribution in [0.2, 0.25) is 0 Å². The Morgan fingerprint density at radius 3 is 0.772 bits per heavy atom. The van der Waals surface area contributed by atoms with Crippen LogP contribution in [-0.2, 0) is 28.6 Å². The van der Waals surface area contributed by atoms with Crippen LogP contribution in [0.5, 0.6) is 0 Å². The molecule has 0 saturated carbocycles. The summed E-state index contributed by atoms with van der Waals surface area (Å²) in [5, 5.41) is 0. The number of allylic oxidation sites excluding steroid dienone is 26. The average molecular weight is 1090 g/mol. The third kappa shape index (κ3) is 63.7. The molecular weight excluding hydrogens is 973 g/mol. The molecule has 0 aliphatic carbocycles. The second kappa shape index (κ2) is 65.5. The minimum Gasteiger partial charge on any atom is -0.462 e. The fourth-order valence-corrected chi connectivity index (χ4v) is 8.27. The molecule has 0 aromatic carbocycles. The number of ether oxygens (including phenoxy) is 3. The van der Waals surface area contributed by atoms with Crippen LogP contribution in [0.25, 0.3) is 0 Å². The summed E-state index contributed by atoms with van der Waals surface area (Å²) in [6.07, 6.45) is 95.2. The van der Waals surface area contributed by atoms with Crippen LogP contribution in [0.1, 0.15) is 265 Å². The Morgan fingerprint density at radius 1 is 0.266 bits per heavy atom. The van der Waals surface area contributed by atoms with Crippen LogP contribution in [0.3, 0.4) is 0 Å². The summed E-state index contributed by atoms with van der Waals surface area (Å²) in [6.45, 7) is 6.31. The lowest BCUT2D eigenvalue weighted by Crippen LogP contribution is -2.30. The van der Waals surface area contributed by atoms with Gasteiger partial charge in [-0.2, -0.15) is 0 Å².